The minimum absolute atomic E-state index is 0.0603. The summed E-state index contributed by atoms with van der Waals surface area (Å²) < 4.78 is 0. The van der Waals surface area contributed by atoms with E-state index in [-0.39, 0.29) is 5.91 Å². The Labute approximate surface area is 118 Å². The molecular formula is C15H18ClNO2. The quantitative estimate of drug-likeness (QED) is 0.846. The maximum absolute atomic E-state index is 12.0. The second-order valence-electron chi connectivity index (χ2n) is 5.25. The van der Waals surface area contributed by atoms with Gasteiger partial charge in [0.15, 0.2) is 0 Å². The third-order valence-corrected chi connectivity index (χ3v) is 3.53. The molecule has 102 valence electrons. The molecule has 1 aliphatic heterocycles. The number of hydrogen-bond donors (Lipinski definition) is 1. The smallest absolute Gasteiger partial charge is 0.246 e. The number of aliphatic hydroxyl groups is 1. The third kappa shape index (κ3) is 4.08. The van der Waals surface area contributed by atoms with Gasteiger partial charge < -0.3 is 10.0 Å². The van der Waals surface area contributed by atoms with Crippen molar-refractivity contribution in [2.75, 3.05) is 13.1 Å². The molecule has 4 heteroatoms. The highest BCUT2D eigenvalue weighted by molar-refractivity contribution is 6.30. The molecule has 0 radical (unpaired) electrons. The van der Waals surface area contributed by atoms with Gasteiger partial charge in [0.25, 0.3) is 0 Å². The summed E-state index contributed by atoms with van der Waals surface area (Å²) in [5, 5.41) is 10.7. The maximum atomic E-state index is 12.0. The van der Waals surface area contributed by atoms with Gasteiger partial charge in [-0.05, 0) is 43.5 Å². The van der Waals surface area contributed by atoms with Crippen molar-refractivity contribution in [3.05, 3.63) is 40.9 Å². The molecule has 19 heavy (non-hydrogen) atoms. The summed E-state index contributed by atoms with van der Waals surface area (Å²) in [5.74, 6) is -0.0603. The van der Waals surface area contributed by atoms with Crippen LogP contribution in [0.5, 0.6) is 0 Å². The van der Waals surface area contributed by atoms with Gasteiger partial charge in [0.2, 0.25) is 5.91 Å². The summed E-state index contributed by atoms with van der Waals surface area (Å²) in [6.45, 7) is 2.88. The van der Waals surface area contributed by atoms with Crippen molar-refractivity contribution >= 4 is 23.6 Å². The predicted molar refractivity (Wildman–Crippen MR) is 76.9 cm³/mol. The van der Waals surface area contributed by atoms with Crippen LogP contribution in [0.25, 0.3) is 6.08 Å². The number of carbonyl (C=O) groups is 1. The Kier molecular flexibility index (Phi) is 4.27. The van der Waals surface area contributed by atoms with Gasteiger partial charge in [0.05, 0.1) is 5.60 Å². The molecule has 0 spiro atoms. The molecule has 1 heterocycles. The maximum Gasteiger partial charge on any atom is 0.246 e. The Hall–Kier alpha value is -1.32. The molecule has 0 aromatic heterocycles. The molecule has 1 atom stereocenters. The van der Waals surface area contributed by atoms with Crippen LogP contribution in [0.3, 0.4) is 0 Å². The zero-order chi connectivity index (χ0) is 13.9. The van der Waals surface area contributed by atoms with Crippen molar-refractivity contribution in [2.45, 2.75) is 25.4 Å². The molecule has 0 bridgehead atoms. The van der Waals surface area contributed by atoms with Crippen molar-refractivity contribution < 1.29 is 9.90 Å². The molecule has 1 aromatic carbocycles. The molecule has 1 fully saturated rings. The second-order valence-corrected chi connectivity index (χ2v) is 5.68. The number of halogens is 1. The van der Waals surface area contributed by atoms with Crippen LogP contribution in [0.15, 0.2) is 30.3 Å². The van der Waals surface area contributed by atoms with Crippen LogP contribution >= 0.6 is 11.6 Å². The van der Waals surface area contributed by atoms with E-state index >= 15 is 0 Å². The zero-order valence-electron chi connectivity index (χ0n) is 11.0. The minimum Gasteiger partial charge on any atom is -0.388 e. The van der Waals surface area contributed by atoms with Crippen molar-refractivity contribution in [1.82, 2.24) is 4.90 Å². The molecule has 3 nitrogen and oxygen atoms in total. The lowest BCUT2D eigenvalue weighted by Gasteiger charge is -2.36. The van der Waals surface area contributed by atoms with Crippen molar-refractivity contribution in [1.29, 1.82) is 0 Å². The van der Waals surface area contributed by atoms with Crippen LogP contribution in [-0.4, -0.2) is 34.6 Å². The van der Waals surface area contributed by atoms with E-state index in [0.717, 1.165) is 18.4 Å². The topological polar surface area (TPSA) is 40.5 Å². The fraction of sp³-hybridized carbons (Fsp3) is 0.400. The Morgan fingerprint density at radius 2 is 2.11 bits per heavy atom. The number of likely N-dealkylation sites (tertiary alicyclic amines) is 1. The number of carbonyl (C=O) groups excluding carboxylic acids is 1. The van der Waals surface area contributed by atoms with Gasteiger partial charge in [0, 0.05) is 24.2 Å². The van der Waals surface area contributed by atoms with Gasteiger partial charge in [-0.1, -0.05) is 23.7 Å². The normalized spacial score (nSPS) is 23.8. The van der Waals surface area contributed by atoms with Crippen LogP contribution in [0.2, 0.25) is 5.02 Å². The number of nitrogens with zero attached hydrogens (tertiary/aromatic N) is 1. The summed E-state index contributed by atoms with van der Waals surface area (Å²) >= 11 is 5.80. The molecule has 1 saturated heterocycles. The zero-order valence-corrected chi connectivity index (χ0v) is 11.7. The van der Waals surface area contributed by atoms with Gasteiger partial charge in [-0.3, -0.25) is 4.79 Å². The standard InChI is InChI=1S/C15H18ClNO2/c1-15(19)9-2-10-17(11-15)14(18)8-5-12-3-6-13(16)7-4-12/h3-8,19H,2,9-11H2,1H3/b8-5+. The van der Waals surface area contributed by atoms with Crippen LogP contribution in [-0.2, 0) is 4.79 Å². The first-order chi connectivity index (χ1) is 8.96. The summed E-state index contributed by atoms with van der Waals surface area (Å²) in [7, 11) is 0. The van der Waals surface area contributed by atoms with E-state index in [9.17, 15) is 9.90 Å². The number of β-amino-alcohol motifs (C(OH)–C–C–N with tert-alkyl or cyclic N) is 1. The minimum atomic E-state index is -0.762. The van der Waals surface area contributed by atoms with E-state index in [2.05, 4.69) is 0 Å². The van der Waals surface area contributed by atoms with Crippen molar-refractivity contribution in [2.24, 2.45) is 0 Å². The molecular weight excluding hydrogens is 262 g/mol. The number of benzene rings is 1. The summed E-state index contributed by atoms with van der Waals surface area (Å²) in [6.07, 6.45) is 4.90. The van der Waals surface area contributed by atoms with Gasteiger partial charge in [-0.2, -0.15) is 0 Å². The largest absolute Gasteiger partial charge is 0.388 e. The van der Waals surface area contributed by atoms with E-state index in [4.69, 9.17) is 11.6 Å². The average molecular weight is 280 g/mol. The fourth-order valence-electron chi connectivity index (χ4n) is 2.25. The number of amides is 1. The molecule has 1 aromatic rings. The van der Waals surface area contributed by atoms with E-state index in [1.165, 1.54) is 0 Å². The van der Waals surface area contributed by atoms with Crippen LogP contribution in [0, 0.1) is 0 Å². The lowest BCUT2D eigenvalue weighted by atomic mass is 9.95. The highest BCUT2D eigenvalue weighted by Gasteiger charge is 2.29. The van der Waals surface area contributed by atoms with E-state index in [0.29, 0.717) is 18.1 Å². The van der Waals surface area contributed by atoms with Gasteiger partial charge >= 0.3 is 0 Å². The Balaban J connectivity index is 1.98. The summed E-state index contributed by atoms with van der Waals surface area (Å²) in [6, 6.07) is 7.30. The van der Waals surface area contributed by atoms with Gasteiger partial charge in [-0.25, -0.2) is 0 Å². The van der Waals surface area contributed by atoms with Crippen molar-refractivity contribution in [3.8, 4) is 0 Å². The second kappa shape index (κ2) is 5.76. The number of hydrogen-bond acceptors (Lipinski definition) is 2. The Morgan fingerprint density at radius 1 is 1.42 bits per heavy atom. The first kappa shape index (κ1) is 14.1. The first-order valence-electron chi connectivity index (χ1n) is 6.41. The highest BCUT2D eigenvalue weighted by Crippen LogP contribution is 2.20. The van der Waals surface area contributed by atoms with Crippen LogP contribution < -0.4 is 0 Å². The molecule has 1 unspecified atom stereocenters. The van der Waals surface area contributed by atoms with Gasteiger partial charge in [-0.15, -0.1) is 0 Å². The molecule has 1 amide bonds. The Morgan fingerprint density at radius 3 is 2.74 bits per heavy atom. The number of piperidine rings is 1. The van der Waals surface area contributed by atoms with Crippen LogP contribution in [0.1, 0.15) is 25.3 Å². The SMILES string of the molecule is CC1(O)CCCN(C(=O)/C=C/c2ccc(Cl)cc2)C1. The first-order valence-corrected chi connectivity index (χ1v) is 6.79. The fourth-order valence-corrected chi connectivity index (χ4v) is 2.38. The lowest BCUT2D eigenvalue weighted by Crippen LogP contribution is -2.48. The molecule has 0 saturated carbocycles. The lowest BCUT2D eigenvalue weighted by molar-refractivity contribution is -0.132. The third-order valence-electron chi connectivity index (χ3n) is 3.27. The summed E-state index contributed by atoms with van der Waals surface area (Å²) in [5.41, 5.74) is 0.170. The molecule has 0 aliphatic carbocycles. The van der Waals surface area contributed by atoms with Gasteiger partial charge in [0.1, 0.15) is 0 Å². The molecule has 1 N–H and O–H groups in total. The average Bonchev–Trinajstić information content (AvgIpc) is 2.36. The molecule has 2 rings (SSSR count). The van der Waals surface area contributed by atoms with Crippen LogP contribution in [0.4, 0.5) is 0 Å². The Bertz CT molecular complexity index is 479. The molecule has 1 aliphatic rings. The van der Waals surface area contributed by atoms with E-state index in [1.807, 2.05) is 12.1 Å². The predicted octanol–water partition coefficient (Wildman–Crippen LogP) is 2.73. The highest BCUT2D eigenvalue weighted by atomic mass is 35.5. The summed E-state index contributed by atoms with van der Waals surface area (Å²) in [4.78, 5) is 13.7. The number of rotatable bonds is 2. The van der Waals surface area contributed by atoms with E-state index < -0.39 is 5.60 Å². The van der Waals surface area contributed by atoms with E-state index in [1.54, 1.807) is 36.1 Å². The van der Waals surface area contributed by atoms with Crippen molar-refractivity contribution in [3.63, 3.8) is 0 Å². The monoisotopic (exact) mass is 279 g/mol.